The summed E-state index contributed by atoms with van der Waals surface area (Å²) in [6.45, 7) is -1.76. The van der Waals surface area contributed by atoms with Crippen molar-refractivity contribution in [2.45, 2.75) is 6.10 Å². The van der Waals surface area contributed by atoms with E-state index in [1.807, 2.05) is 6.07 Å². The summed E-state index contributed by atoms with van der Waals surface area (Å²) in [5.41, 5.74) is 0.784. The molecule has 1 aliphatic heterocycles. The Morgan fingerprint density at radius 3 is 3.07 bits per heavy atom. The van der Waals surface area contributed by atoms with Gasteiger partial charge in [-0.05, 0) is 29.5 Å². The van der Waals surface area contributed by atoms with Crippen molar-refractivity contribution in [3.05, 3.63) is 35.6 Å². The molecule has 1 aliphatic rings. The number of hydrogen-bond acceptors (Lipinski definition) is 3. The highest BCUT2D eigenvalue weighted by Crippen LogP contribution is 2.52. The minimum absolute atomic E-state index is 0.216. The first-order chi connectivity index (χ1) is 7.13. The van der Waals surface area contributed by atoms with E-state index in [0.29, 0.717) is 6.54 Å². The van der Waals surface area contributed by atoms with Crippen LogP contribution in [0, 0.1) is 5.82 Å². The normalized spacial score (nSPS) is 30.7. The Bertz CT molecular complexity index is 415. The summed E-state index contributed by atoms with van der Waals surface area (Å²) in [6, 6.07) is 6.32. The summed E-state index contributed by atoms with van der Waals surface area (Å²) in [4.78, 5) is 0. The maximum atomic E-state index is 13.0. The molecule has 0 amide bonds. The molecule has 0 aromatic heterocycles. The first-order valence-electron chi connectivity index (χ1n) is 4.48. The van der Waals surface area contributed by atoms with Crippen LogP contribution in [0.2, 0.25) is 0 Å². The zero-order valence-electron chi connectivity index (χ0n) is 8.14. The molecule has 0 aliphatic carbocycles. The number of nitrogens with one attached hydrogen (secondary N) is 1. The van der Waals surface area contributed by atoms with Crippen LogP contribution in [-0.4, -0.2) is 13.7 Å². The van der Waals surface area contributed by atoms with Crippen LogP contribution in [0.5, 0.6) is 0 Å². The lowest BCUT2D eigenvalue weighted by Gasteiger charge is -2.13. The van der Waals surface area contributed by atoms with Crippen molar-refractivity contribution in [3.63, 3.8) is 0 Å². The number of rotatable bonds is 2. The summed E-state index contributed by atoms with van der Waals surface area (Å²) < 4.78 is 23.6. The predicted molar refractivity (Wildman–Crippen MR) is 59.5 cm³/mol. The molecule has 0 radical (unpaired) electrons. The third-order valence-electron chi connectivity index (χ3n) is 2.20. The maximum Gasteiger partial charge on any atom is 0.261 e. The highest BCUT2D eigenvalue weighted by Gasteiger charge is 2.31. The van der Waals surface area contributed by atoms with Gasteiger partial charge in [-0.25, -0.2) is 9.48 Å². The summed E-state index contributed by atoms with van der Waals surface area (Å²) in [7, 11) is 1.52. The first-order valence-corrected chi connectivity index (χ1v) is 7.11. The van der Waals surface area contributed by atoms with Gasteiger partial charge in [0.1, 0.15) is 11.9 Å². The molecule has 1 aromatic rings. The monoisotopic (exact) mass is 247 g/mol. The van der Waals surface area contributed by atoms with Crippen LogP contribution in [0.1, 0.15) is 11.7 Å². The van der Waals surface area contributed by atoms with Crippen LogP contribution < -0.4 is 5.09 Å². The predicted octanol–water partition coefficient (Wildman–Crippen LogP) is 2.36. The summed E-state index contributed by atoms with van der Waals surface area (Å²) >= 11 is 5.14. The molecule has 1 fully saturated rings. The standard InChI is InChI=1S/C9H11FNO2PS/c1-12-14(15)11-6-9(13-14)7-3-2-4-8(10)5-7/h2-5,9H,6H2,1H3,(H,11,15). The van der Waals surface area contributed by atoms with E-state index in [-0.39, 0.29) is 11.9 Å². The van der Waals surface area contributed by atoms with Crippen molar-refractivity contribution in [1.29, 1.82) is 0 Å². The smallest absolute Gasteiger partial charge is 0.261 e. The van der Waals surface area contributed by atoms with Gasteiger partial charge in [0.25, 0.3) is 6.64 Å². The molecule has 3 nitrogen and oxygen atoms in total. The molecule has 0 bridgehead atoms. The minimum atomic E-state index is -2.33. The SMILES string of the molecule is COP1(=S)NCC(c2cccc(F)c2)O1. The van der Waals surface area contributed by atoms with E-state index >= 15 is 0 Å². The second-order valence-electron chi connectivity index (χ2n) is 3.19. The highest BCUT2D eigenvalue weighted by atomic mass is 32.5. The molecule has 1 saturated heterocycles. The Morgan fingerprint density at radius 2 is 2.47 bits per heavy atom. The van der Waals surface area contributed by atoms with Gasteiger partial charge in [0.15, 0.2) is 0 Å². The van der Waals surface area contributed by atoms with E-state index < -0.39 is 6.64 Å². The van der Waals surface area contributed by atoms with E-state index in [0.717, 1.165) is 5.56 Å². The Hall–Kier alpha value is -0.320. The lowest BCUT2D eigenvalue weighted by Crippen LogP contribution is -2.06. The van der Waals surface area contributed by atoms with Gasteiger partial charge in [0, 0.05) is 13.7 Å². The molecule has 1 N–H and O–H groups in total. The van der Waals surface area contributed by atoms with Crippen molar-refractivity contribution in [2.75, 3.05) is 13.7 Å². The topological polar surface area (TPSA) is 30.5 Å². The molecular formula is C9H11FNO2PS. The fraction of sp³-hybridized carbons (Fsp3) is 0.333. The second kappa shape index (κ2) is 4.28. The fourth-order valence-corrected chi connectivity index (χ4v) is 3.18. The lowest BCUT2D eigenvalue weighted by atomic mass is 10.1. The summed E-state index contributed by atoms with van der Waals surface area (Å²) in [5.74, 6) is -0.270. The van der Waals surface area contributed by atoms with Crippen LogP contribution in [0.15, 0.2) is 24.3 Å². The van der Waals surface area contributed by atoms with Crippen molar-refractivity contribution >= 4 is 18.4 Å². The van der Waals surface area contributed by atoms with Crippen LogP contribution in [0.4, 0.5) is 4.39 Å². The zero-order valence-corrected chi connectivity index (χ0v) is 9.85. The summed E-state index contributed by atoms with van der Waals surface area (Å²) in [6.07, 6.45) is -0.216. The largest absolute Gasteiger partial charge is 0.321 e. The van der Waals surface area contributed by atoms with Crippen molar-refractivity contribution in [1.82, 2.24) is 5.09 Å². The van der Waals surface area contributed by atoms with Gasteiger partial charge in [-0.2, -0.15) is 0 Å². The molecule has 2 rings (SSSR count). The van der Waals surface area contributed by atoms with Gasteiger partial charge in [-0.3, -0.25) is 0 Å². The molecule has 0 saturated carbocycles. The lowest BCUT2D eigenvalue weighted by molar-refractivity contribution is 0.233. The third-order valence-corrected chi connectivity index (χ3v) is 4.87. The minimum Gasteiger partial charge on any atom is -0.321 e. The molecule has 2 atom stereocenters. The third kappa shape index (κ3) is 2.44. The van der Waals surface area contributed by atoms with E-state index in [9.17, 15) is 4.39 Å². The molecule has 6 heteroatoms. The van der Waals surface area contributed by atoms with E-state index in [1.54, 1.807) is 6.07 Å². The number of hydrogen-bond donors (Lipinski definition) is 1. The average Bonchev–Trinajstić information content (AvgIpc) is 2.62. The van der Waals surface area contributed by atoms with Gasteiger partial charge in [-0.15, -0.1) is 0 Å². The molecular weight excluding hydrogens is 236 g/mol. The maximum absolute atomic E-state index is 13.0. The Morgan fingerprint density at radius 1 is 1.67 bits per heavy atom. The molecule has 2 unspecified atom stereocenters. The van der Waals surface area contributed by atoms with Gasteiger partial charge < -0.3 is 9.05 Å². The van der Waals surface area contributed by atoms with Gasteiger partial charge in [0.05, 0.1) is 0 Å². The molecule has 0 spiro atoms. The van der Waals surface area contributed by atoms with E-state index in [2.05, 4.69) is 5.09 Å². The Balaban J connectivity index is 2.18. The van der Waals surface area contributed by atoms with Crippen LogP contribution in [0.3, 0.4) is 0 Å². The van der Waals surface area contributed by atoms with Gasteiger partial charge >= 0.3 is 0 Å². The second-order valence-corrected chi connectivity index (χ2v) is 6.52. The fourth-order valence-electron chi connectivity index (χ4n) is 1.43. The van der Waals surface area contributed by atoms with Crippen LogP contribution >= 0.6 is 6.64 Å². The quantitative estimate of drug-likeness (QED) is 0.813. The Labute approximate surface area is 92.8 Å². The van der Waals surface area contributed by atoms with Crippen molar-refractivity contribution in [2.24, 2.45) is 0 Å². The van der Waals surface area contributed by atoms with Gasteiger partial charge in [0.2, 0.25) is 0 Å². The highest BCUT2D eigenvalue weighted by molar-refractivity contribution is 8.09. The van der Waals surface area contributed by atoms with E-state index in [4.69, 9.17) is 20.9 Å². The zero-order chi connectivity index (χ0) is 10.9. The van der Waals surface area contributed by atoms with Crippen molar-refractivity contribution in [3.8, 4) is 0 Å². The average molecular weight is 247 g/mol. The van der Waals surface area contributed by atoms with Crippen molar-refractivity contribution < 1.29 is 13.4 Å². The number of halogens is 1. The van der Waals surface area contributed by atoms with Gasteiger partial charge in [-0.1, -0.05) is 12.1 Å². The Kier molecular flexibility index (Phi) is 3.19. The first kappa shape index (κ1) is 11.2. The summed E-state index contributed by atoms with van der Waals surface area (Å²) in [5, 5.41) is 3.01. The molecule has 1 heterocycles. The van der Waals surface area contributed by atoms with Crippen LogP contribution in [0.25, 0.3) is 0 Å². The molecule has 82 valence electrons. The van der Waals surface area contributed by atoms with Crippen LogP contribution in [-0.2, 0) is 20.9 Å². The number of benzene rings is 1. The van der Waals surface area contributed by atoms with E-state index in [1.165, 1.54) is 19.2 Å². The molecule has 1 aromatic carbocycles. The molecule has 15 heavy (non-hydrogen) atoms.